The molecule has 2 rings (SSSR count). The first kappa shape index (κ1) is 9.28. The molecule has 0 saturated carbocycles. The normalized spacial score (nSPS) is 16.8. The van der Waals surface area contributed by atoms with Crippen LogP contribution in [0.15, 0.2) is 35.4 Å². The molecule has 0 atom stereocenters. The Bertz CT molecular complexity index is 384. The van der Waals surface area contributed by atoms with Crippen molar-refractivity contribution in [2.24, 2.45) is 0 Å². The lowest BCUT2D eigenvalue weighted by Gasteiger charge is -2.17. The number of carbonyl (C=O) groups excluding carboxylic acids is 1. The molecule has 1 aromatic carbocycles. The molecule has 3 heteroatoms. The fourth-order valence-corrected chi connectivity index (χ4v) is 1.70. The highest BCUT2D eigenvalue weighted by molar-refractivity contribution is 6.33. The lowest BCUT2D eigenvalue weighted by molar-refractivity contribution is -0.120. The number of halogens is 1. The number of amides is 1. The summed E-state index contributed by atoms with van der Waals surface area (Å²) in [6, 6.07) is 9.65. The predicted molar refractivity (Wildman–Crippen MR) is 56.6 cm³/mol. The van der Waals surface area contributed by atoms with E-state index in [0.717, 1.165) is 16.3 Å². The Labute approximate surface area is 87.6 Å². The lowest BCUT2D eigenvalue weighted by Crippen LogP contribution is -2.25. The van der Waals surface area contributed by atoms with Crippen LogP contribution < -0.4 is 5.32 Å². The van der Waals surface area contributed by atoms with Crippen LogP contribution in [0.2, 0.25) is 0 Å². The average molecular weight is 208 g/mol. The largest absolute Gasteiger partial charge is 0.325 e. The van der Waals surface area contributed by atoms with Crippen molar-refractivity contribution in [3.63, 3.8) is 0 Å². The second-order valence-corrected chi connectivity index (χ2v) is 3.65. The van der Waals surface area contributed by atoms with Gasteiger partial charge in [0.2, 0.25) is 5.91 Å². The summed E-state index contributed by atoms with van der Waals surface area (Å²) in [5.74, 6) is 0.0354. The van der Waals surface area contributed by atoms with Crippen LogP contribution in [-0.2, 0) is 4.79 Å². The molecule has 1 amide bonds. The summed E-state index contributed by atoms with van der Waals surface area (Å²) in [7, 11) is 0. The van der Waals surface area contributed by atoms with Gasteiger partial charge in [0, 0.05) is 11.5 Å². The van der Waals surface area contributed by atoms with Crippen LogP contribution in [-0.4, -0.2) is 5.91 Å². The van der Waals surface area contributed by atoms with Gasteiger partial charge in [0.1, 0.15) is 0 Å². The Morgan fingerprint density at radius 2 is 1.86 bits per heavy atom. The molecule has 0 radical (unpaired) electrons. The molecule has 0 aliphatic carbocycles. The smallest absolute Gasteiger partial charge is 0.224 e. The van der Waals surface area contributed by atoms with E-state index in [2.05, 4.69) is 5.32 Å². The molecule has 1 aliphatic heterocycles. The van der Waals surface area contributed by atoms with Gasteiger partial charge in [-0.3, -0.25) is 4.79 Å². The van der Waals surface area contributed by atoms with Crippen molar-refractivity contribution in [3.8, 4) is 0 Å². The second kappa shape index (κ2) is 3.84. The van der Waals surface area contributed by atoms with Crippen molar-refractivity contribution in [3.05, 3.63) is 40.9 Å². The average Bonchev–Trinajstić information content (AvgIpc) is 2.23. The Morgan fingerprint density at radius 3 is 2.57 bits per heavy atom. The lowest BCUT2D eigenvalue weighted by atomic mass is 10.1. The van der Waals surface area contributed by atoms with Gasteiger partial charge in [-0.05, 0) is 12.0 Å². The summed E-state index contributed by atoms with van der Waals surface area (Å²) in [5.41, 5.74) is 1.72. The molecule has 0 bridgehead atoms. The molecule has 0 fully saturated rings. The Balaban J connectivity index is 2.38. The van der Waals surface area contributed by atoms with Gasteiger partial charge in [0.05, 0.1) is 5.70 Å². The number of rotatable bonds is 1. The summed E-state index contributed by atoms with van der Waals surface area (Å²) >= 11 is 6.05. The summed E-state index contributed by atoms with van der Waals surface area (Å²) in [4.78, 5) is 11.2. The van der Waals surface area contributed by atoms with E-state index >= 15 is 0 Å². The molecule has 1 heterocycles. The minimum absolute atomic E-state index is 0.0354. The van der Waals surface area contributed by atoms with E-state index in [9.17, 15) is 4.79 Å². The highest BCUT2D eigenvalue weighted by Gasteiger charge is 2.17. The van der Waals surface area contributed by atoms with Crippen molar-refractivity contribution in [2.75, 3.05) is 0 Å². The molecule has 2 nitrogen and oxygen atoms in total. The van der Waals surface area contributed by atoms with Crippen molar-refractivity contribution in [1.82, 2.24) is 5.32 Å². The van der Waals surface area contributed by atoms with E-state index < -0.39 is 0 Å². The third-order valence-corrected chi connectivity index (χ3v) is 2.55. The summed E-state index contributed by atoms with van der Waals surface area (Å²) in [6.07, 6.45) is 1.12. The zero-order chi connectivity index (χ0) is 9.97. The van der Waals surface area contributed by atoms with E-state index in [0.29, 0.717) is 12.8 Å². The second-order valence-electron chi connectivity index (χ2n) is 3.19. The van der Waals surface area contributed by atoms with Crippen LogP contribution in [0.4, 0.5) is 0 Å². The fourth-order valence-electron chi connectivity index (χ4n) is 1.45. The highest BCUT2D eigenvalue weighted by Crippen LogP contribution is 2.25. The molecule has 1 N–H and O–H groups in total. The number of allylic oxidation sites excluding steroid dienone is 1. The molecule has 1 aliphatic rings. The first-order chi connectivity index (χ1) is 6.77. The van der Waals surface area contributed by atoms with Gasteiger partial charge < -0.3 is 5.32 Å². The number of hydrogen-bond acceptors (Lipinski definition) is 1. The maximum atomic E-state index is 11.2. The molecule has 0 saturated heterocycles. The molecule has 0 spiro atoms. The molecule has 1 aromatic rings. The van der Waals surface area contributed by atoms with Gasteiger partial charge in [-0.25, -0.2) is 0 Å². The maximum absolute atomic E-state index is 11.2. The standard InChI is InChI=1S/C11H10ClNO/c12-9-6-7-10(14)13-11(9)8-4-2-1-3-5-8/h1-5H,6-7H2,(H,13,14). The highest BCUT2D eigenvalue weighted by atomic mass is 35.5. The van der Waals surface area contributed by atoms with Crippen LogP contribution in [0.3, 0.4) is 0 Å². The van der Waals surface area contributed by atoms with Crippen molar-refractivity contribution in [2.45, 2.75) is 12.8 Å². The monoisotopic (exact) mass is 207 g/mol. The van der Waals surface area contributed by atoms with E-state index in [1.54, 1.807) is 0 Å². The molecular weight excluding hydrogens is 198 g/mol. The van der Waals surface area contributed by atoms with E-state index in [1.807, 2.05) is 30.3 Å². The SMILES string of the molecule is O=C1CCC(Cl)=C(c2ccccc2)N1. The van der Waals surface area contributed by atoms with Crippen LogP contribution in [0, 0.1) is 0 Å². The molecule has 72 valence electrons. The van der Waals surface area contributed by atoms with Crippen LogP contribution in [0.25, 0.3) is 5.70 Å². The molecule has 14 heavy (non-hydrogen) atoms. The third-order valence-electron chi connectivity index (χ3n) is 2.17. The van der Waals surface area contributed by atoms with Gasteiger partial charge >= 0.3 is 0 Å². The van der Waals surface area contributed by atoms with Crippen LogP contribution in [0.1, 0.15) is 18.4 Å². The van der Waals surface area contributed by atoms with Gasteiger partial charge in [-0.2, -0.15) is 0 Å². The number of carbonyl (C=O) groups is 1. The van der Waals surface area contributed by atoms with E-state index in [-0.39, 0.29) is 5.91 Å². The van der Waals surface area contributed by atoms with Crippen molar-refractivity contribution < 1.29 is 4.79 Å². The first-order valence-corrected chi connectivity index (χ1v) is 4.89. The number of benzene rings is 1. The molecular formula is C11H10ClNO. The van der Waals surface area contributed by atoms with Crippen molar-refractivity contribution >= 4 is 23.2 Å². The number of hydrogen-bond donors (Lipinski definition) is 1. The van der Waals surface area contributed by atoms with Crippen molar-refractivity contribution in [1.29, 1.82) is 0 Å². The zero-order valence-corrected chi connectivity index (χ0v) is 8.34. The van der Waals surface area contributed by atoms with Crippen LogP contribution in [0.5, 0.6) is 0 Å². The zero-order valence-electron chi connectivity index (χ0n) is 7.59. The van der Waals surface area contributed by atoms with E-state index in [4.69, 9.17) is 11.6 Å². The topological polar surface area (TPSA) is 29.1 Å². The Morgan fingerprint density at radius 1 is 1.14 bits per heavy atom. The number of nitrogens with one attached hydrogen (secondary N) is 1. The first-order valence-electron chi connectivity index (χ1n) is 4.51. The minimum atomic E-state index is 0.0354. The Kier molecular flexibility index (Phi) is 2.55. The fraction of sp³-hybridized carbons (Fsp3) is 0.182. The Hall–Kier alpha value is -1.28. The minimum Gasteiger partial charge on any atom is -0.325 e. The summed E-state index contributed by atoms with van der Waals surface area (Å²) in [6.45, 7) is 0. The van der Waals surface area contributed by atoms with Gasteiger partial charge in [0.25, 0.3) is 0 Å². The third kappa shape index (κ3) is 1.80. The van der Waals surface area contributed by atoms with Gasteiger partial charge in [-0.15, -0.1) is 0 Å². The molecule has 0 aromatic heterocycles. The van der Waals surface area contributed by atoms with E-state index in [1.165, 1.54) is 0 Å². The molecule has 0 unspecified atom stereocenters. The summed E-state index contributed by atoms with van der Waals surface area (Å²) in [5, 5.41) is 3.52. The summed E-state index contributed by atoms with van der Waals surface area (Å²) < 4.78 is 0. The van der Waals surface area contributed by atoms with Crippen LogP contribution >= 0.6 is 11.6 Å². The quantitative estimate of drug-likeness (QED) is 0.753. The van der Waals surface area contributed by atoms with Gasteiger partial charge in [0.15, 0.2) is 0 Å². The van der Waals surface area contributed by atoms with Gasteiger partial charge in [-0.1, -0.05) is 41.9 Å². The maximum Gasteiger partial charge on any atom is 0.224 e. The predicted octanol–water partition coefficient (Wildman–Crippen LogP) is 2.50.